The van der Waals surface area contributed by atoms with Gasteiger partial charge in [0.1, 0.15) is 0 Å². The smallest absolute Gasteiger partial charge is 0.331 e. The maximum absolute atomic E-state index is 11.9. The number of carbonyl (C=O) groups excluding carboxylic acids is 1. The number of methoxy groups -OCH3 is 2. The summed E-state index contributed by atoms with van der Waals surface area (Å²) in [5.41, 5.74) is 0.696. The van der Waals surface area contributed by atoms with E-state index in [1.54, 1.807) is 31.4 Å². The zero-order valence-corrected chi connectivity index (χ0v) is 15.0. The largest absolute Gasteiger partial charge is 0.493 e. The molecule has 0 saturated heterocycles. The van der Waals surface area contributed by atoms with Crippen LogP contribution in [0.3, 0.4) is 0 Å². The van der Waals surface area contributed by atoms with E-state index in [4.69, 9.17) is 18.7 Å². The Bertz CT molecular complexity index is 902. The molecule has 0 N–H and O–H groups in total. The number of aromatic nitrogens is 2. The Morgan fingerprint density at radius 1 is 1.23 bits per heavy atom. The number of hydrogen-bond acceptors (Lipinski definition) is 8. The minimum atomic E-state index is -0.536. The lowest BCUT2D eigenvalue weighted by Gasteiger charge is -2.09. The van der Waals surface area contributed by atoms with E-state index in [2.05, 4.69) is 10.1 Å². The number of esters is 1. The molecule has 3 rings (SSSR count). The van der Waals surface area contributed by atoms with Gasteiger partial charge >= 0.3 is 5.97 Å². The number of ether oxygens (including phenoxy) is 3. The molecule has 8 heteroatoms. The second-order valence-electron chi connectivity index (χ2n) is 5.01. The van der Waals surface area contributed by atoms with E-state index in [9.17, 15) is 4.79 Å². The quantitative estimate of drug-likeness (QED) is 0.463. The number of benzene rings is 1. The average Bonchev–Trinajstić information content (AvgIpc) is 3.35. The van der Waals surface area contributed by atoms with Gasteiger partial charge in [0.15, 0.2) is 18.1 Å². The predicted octanol–water partition coefficient (Wildman–Crippen LogP) is 3.57. The van der Waals surface area contributed by atoms with Crippen LogP contribution in [-0.4, -0.2) is 30.3 Å². The van der Waals surface area contributed by atoms with E-state index in [-0.39, 0.29) is 12.5 Å². The van der Waals surface area contributed by atoms with E-state index < -0.39 is 5.97 Å². The van der Waals surface area contributed by atoms with Gasteiger partial charge in [-0.1, -0.05) is 23.4 Å². The lowest BCUT2D eigenvalue weighted by molar-refractivity contribution is -0.139. The molecule has 7 nitrogen and oxygen atoms in total. The van der Waals surface area contributed by atoms with Crippen molar-refractivity contribution in [2.45, 2.75) is 6.61 Å². The van der Waals surface area contributed by atoms with Gasteiger partial charge in [0, 0.05) is 11.6 Å². The first-order chi connectivity index (χ1) is 12.7. The van der Waals surface area contributed by atoms with Gasteiger partial charge in [-0.25, -0.2) is 4.79 Å². The van der Waals surface area contributed by atoms with Crippen molar-refractivity contribution >= 4 is 23.4 Å². The van der Waals surface area contributed by atoms with Crippen LogP contribution in [0.1, 0.15) is 11.5 Å². The molecule has 0 fully saturated rings. The van der Waals surface area contributed by atoms with Gasteiger partial charge in [-0.15, -0.1) is 11.3 Å². The molecule has 2 heterocycles. The summed E-state index contributed by atoms with van der Waals surface area (Å²) in [5, 5.41) is 5.78. The van der Waals surface area contributed by atoms with Crippen LogP contribution in [0.4, 0.5) is 0 Å². The van der Waals surface area contributed by atoms with Crippen LogP contribution in [0, 0.1) is 0 Å². The molecule has 0 aliphatic rings. The van der Waals surface area contributed by atoms with Crippen LogP contribution in [0.15, 0.2) is 46.3 Å². The predicted molar refractivity (Wildman–Crippen MR) is 96.0 cm³/mol. The molecule has 0 unspecified atom stereocenters. The fraction of sp³-hybridized carbons (Fsp3) is 0.167. The van der Waals surface area contributed by atoms with Crippen molar-refractivity contribution in [2.75, 3.05) is 14.2 Å². The van der Waals surface area contributed by atoms with Crippen LogP contribution < -0.4 is 9.47 Å². The van der Waals surface area contributed by atoms with E-state index in [1.807, 2.05) is 17.5 Å². The highest BCUT2D eigenvalue weighted by molar-refractivity contribution is 7.13. The fourth-order valence-electron chi connectivity index (χ4n) is 2.20. The van der Waals surface area contributed by atoms with Crippen LogP contribution >= 0.6 is 11.3 Å². The summed E-state index contributed by atoms with van der Waals surface area (Å²) in [4.78, 5) is 17.0. The van der Waals surface area contributed by atoms with Crippen molar-refractivity contribution < 1.29 is 23.5 Å². The molecule has 3 aromatic rings. The molecule has 26 heavy (non-hydrogen) atoms. The molecule has 0 amide bonds. The fourth-order valence-corrected chi connectivity index (χ4v) is 2.85. The topological polar surface area (TPSA) is 83.7 Å². The molecule has 0 aliphatic carbocycles. The molecular formula is C18H16N2O5S. The van der Waals surface area contributed by atoms with Crippen molar-refractivity contribution in [1.82, 2.24) is 10.1 Å². The number of para-hydroxylation sites is 1. The first-order valence-corrected chi connectivity index (χ1v) is 8.51. The number of nitrogens with zero attached hydrogens (tertiary/aromatic N) is 2. The van der Waals surface area contributed by atoms with E-state index in [0.29, 0.717) is 22.9 Å². The molecule has 134 valence electrons. The number of thiophene rings is 1. The molecule has 0 atom stereocenters. The van der Waals surface area contributed by atoms with Crippen LogP contribution in [-0.2, 0) is 16.1 Å². The van der Waals surface area contributed by atoms with Crippen molar-refractivity contribution in [3.8, 4) is 22.2 Å². The van der Waals surface area contributed by atoms with Crippen LogP contribution in [0.5, 0.6) is 11.5 Å². The Kier molecular flexibility index (Phi) is 5.65. The first kappa shape index (κ1) is 17.7. The van der Waals surface area contributed by atoms with Gasteiger partial charge in [0.05, 0.1) is 19.1 Å². The Balaban J connectivity index is 1.60. The van der Waals surface area contributed by atoms with Crippen molar-refractivity contribution in [2.24, 2.45) is 0 Å². The summed E-state index contributed by atoms with van der Waals surface area (Å²) in [6.45, 7) is -0.100. The van der Waals surface area contributed by atoms with Crippen LogP contribution in [0.25, 0.3) is 16.8 Å². The minimum absolute atomic E-state index is 0.100. The zero-order valence-electron chi connectivity index (χ0n) is 14.2. The van der Waals surface area contributed by atoms with Crippen molar-refractivity contribution in [3.63, 3.8) is 0 Å². The summed E-state index contributed by atoms with van der Waals surface area (Å²) in [5.74, 6) is 1.29. The molecule has 0 radical (unpaired) electrons. The van der Waals surface area contributed by atoms with Crippen molar-refractivity contribution in [3.05, 3.63) is 53.2 Å². The van der Waals surface area contributed by atoms with Gasteiger partial charge < -0.3 is 18.7 Å². The van der Waals surface area contributed by atoms with Gasteiger partial charge in [0.25, 0.3) is 5.89 Å². The second-order valence-corrected chi connectivity index (χ2v) is 5.96. The molecule has 0 aliphatic heterocycles. The highest BCUT2D eigenvalue weighted by Gasteiger charge is 2.11. The third kappa shape index (κ3) is 4.09. The molecule has 2 aromatic heterocycles. The van der Waals surface area contributed by atoms with E-state index in [0.717, 1.165) is 4.88 Å². The lowest BCUT2D eigenvalue weighted by Crippen LogP contribution is -2.01. The summed E-state index contributed by atoms with van der Waals surface area (Å²) in [7, 11) is 3.09. The first-order valence-electron chi connectivity index (χ1n) is 7.63. The lowest BCUT2D eigenvalue weighted by atomic mass is 10.1. The number of rotatable bonds is 7. The highest BCUT2D eigenvalue weighted by Crippen LogP contribution is 2.31. The Morgan fingerprint density at radius 2 is 2.12 bits per heavy atom. The van der Waals surface area contributed by atoms with Gasteiger partial charge in [-0.2, -0.15) is 4.98 Å². The number of carbonyl (C=O) groups is 1. The average molecular weight is 372 g/mol. The van der Waals surface area contributed by atoms with E-state index in [1.165, 1.54) is 24.5 Å². The minimum Gasteiger partial charge on any atom is -0.493 e. The standard InChI is InChI=1S/C18H16N2O5S/c1-22-13-6-3-5-12(17(13)23-2)8-9-16(21)24-11-15-19-18(20-25-15)14-7-4-10-26-14/h3-10H,11H2,1-2H3/b9-8+. The molecule has 0 saturated carbocycles. The van der Waals surface area contributed by atoms with Gasteiger partial charge in [-0.3, -0.25) is 0 Å². The summed E-state index contributed by atoms with van der Waals surface area (Å²) < 4.78 is 20.7. The maximum Gasteiger partial charge on any atom is 0.331 e. The van der Waals surface area contributed by atoms with Crippen LogP contribution in [0.2, 0.25) is 0 Å². The maximum atomic E-state index is 11.9. The molecular weight excluding hydrogens is 356 g/mol. The summed E-state index contributed by atoms with van der Waals surface area (Å²) in [6, 6.07) is 9.16. The zero-order chi connectivity index (χ0) is 18.4. The SMILES string of the molecule is COc1cccc(/C=C/C(=O)OCc2nc(-c3cccs3)no2)c1OC. The van der Waals surface area contributed by atoms with Gasteiger partial charge in [-0.05, 0) is 23.6 Å². The van der Waals surface area contributed by atoms with E-state index >= 15 is 0 Å². The van der Waals surface area contributed by atoms with Gasteiger partial charge in [0.2, 0.25) is 5.82 Å². The summed E-state index contributed by atoms with van der Waals surface area (Å²) in [6.07, 6.45) is 2.89. The second kappa shape index (κ2) is 8.30. The third-order valence-electron chi connectivity index (χ3n) is 3.38. The summed E-state index contributed by atoms with van der Waals surface area (Å²) >= 11 is 1.50. The Morgan fingerprint density at radius 3 is 2.85 bits per heavy atom. The Labute approximate surface area is 153 Å². The third-order valence-corrected chi connectivity index (χ3v) is 4.25. The molecule has 0 spiro atoms. The molecule has 0 bridgehead atoms. The Hall–Kier alpha value is -3.13. The highest BCUT2D eigenvalue weighted by atomic mass is 32.1. The normalized spacial score (nSPS) is 10.8. The number of hydrogen-bond donors (Lipinski definition) is 0. The van der Waals surface area contributed by atoms with Crippen molar-refractivity contribution in [1.29, 1.82) is 0 Å². The molecule has 1 aromatic carbocycles. The monoisotopic (exact) mass is 372 g/mol.